The Morgan fingerprint density at radius 2 is 1.73 bits per heavy atom. The average Bonchev–Trinajstić information content (AvgIpc) is 2.90. The summed E-state index contributed by atoms with van der Waals surface area (Å²) in [6.07, 6.45) is -0.345. The predicted molar refractivity (Wildman–Crippen MR) is 143 cm³/mol. The molecule has 1 amide bonds. The van der Waals surface area contributed by atoms with Gasteiger partial charge in [0, 0.05) is 18.1 Å². The van der Waals surface area contributed by atoms with Gasteiger partial charge in [0.05, 0.1) is 34.1 Å². The van der Waals surface area contributed by atoms with Crippen LogP contribution >= 0.6 is 0 Å². The van der Waals surface area contributed by atoms with Gasteiger partial charge in [0.2, 0.25) is 5.78 Å². The minimum absolute atomic E-state index is 0.176. The van der Waals surface area contributed by atoms with Crippen molar-refractivity contribution in [1.82, 2.24) is 4.90 Å². The number of hydrogen-bond acceptors (Lipinski definition) is 11. The number of nitro groups is 1. The molecular weight excluding hydrogens is 538 g/mol. The van der Waals surface area contributed by atoms with Crippen molar-refractivity contribution >= 4 is 40.6 Å². The van der Waals surface area contributed by atoms with Gasteiger partial charge in [-0.05, 0) is 49.0 Å². The Hall–Kier alpha value is -4.85. The summed E-state index contributed by atoms with van der Waals surface area (Å²) < 4.78 is 0. The summed E-state index contributed by atoms with van der Waals surface area (Å²) in [6, 6.07) is 8.02. The summed E-state index contributed by atoms with van der Waals surface area (Å²) in [5, 5.41) is 67.7. The van der Waals surface area contributed by atoms with Crippen LogP contribution in [0.2, 0.25) is 0 Å². The number of nitro benzene ring substituents is 1. The maximum Gasteiger partial charge on any atom is 0.269 e. The number of benzene rings is 2. The zero-order chi connectivity index (χ0) is 30.1. The van der Waals surface area contributed by atoms with E-state index >= 15 is 0 Å². The van der Waals surface area contributed by atoms with Crippen molar-refractivity contribution in [3.8, 4) is 5.75 Å². The van der Waals surface area contributed by atoms with Crippen molar-refractivity contribution in [3.05, 3.63) is 86.2 Å². The summed E-state index contributed by atoms with van der Waals surface area (Å²) >= 11 is 0. The Morgan fingerprint density at radius 3 is 2.29 bits per heavy atom. The van der Waals surface area contributed by atoms with E-state index in [1.54, 1.807) is 0 Å². The summed E-state index contributed by atoms with van der Waals surface area (Å²) in [5.74, 6) is -9.45. The number of aliphatic hydroxyl groups excluding tert-OH is 3. The van der Waals surface area contributed by atoms with E-state index in [9.17, 15) is 50.0 Å². The molecule has 212 valence electrons. The predicted octanol–water partition coefficient (Wildman–Crippen LogP) is 0.841. The van der Waals surface area contributed by atoms with E-state index in [0.717, 1.165) is 0 Å². The second-order valence-electron chi connectivity index (χ2n) is 10.4. The molecule has 7 N–H and O–H groups in total. The Kier molecular flexibility index (Phi) is 6.33. The summed E-state index contributed by atoms with van der Waals surface area (Å²) in [4.78, 5) is 51.4. The minimum Gasteiger partial charge on any atom is -0.508 e. The van der Waals surface area contributed by atoms with Gasteiger partial charge < -0.3 is 31.3 Å². The Labute approximate surface area is 231 Å². The molecule has 2 aromatic carbocycles. The van der Waals surface area contributed by atoms with Crippen LogP contribution in [0.3, 0.4) is 0 Å². The van der Waals surface area contributed by atoms with Crippen molar-refractivity contribution in [2.24, 2.45) is 17.6 Å². The first-order valence-electron chi connectivity index (χ1n) is 12.3. The number of aromatic hydroxyl groups is 1. The Balaban J connectivity index is 1.83. The fraction of sp³-hybridized carbons (Fsp3) is 0.250. The molecule has 0 unspecified atom stereocenters. The van der Waals surface area contributed by atoms with Crippen LogP contribution in [-0.2, 0) is 14.4 Å². The lowest BCUT2D eigenvalue weighted by Crippen LogP contribution is -2.70. The van der Waals surface area contributed by atoms with E-state index in [-0.39, 0.29) is 22.4 Å². The van der Waals surface area contributed by atoms with Gasteiger partial charge in [0.1, 0.15) is 22.8 Å². The standard InChI is InChI=1S/C28H25N3O10/c1-30(2)21-20-23(34)17-14(10-11-6-8-12(9-7-11)31(40)41)13-4-3-5-15(32)16(13)22(33)18(17)25(36)28(20,39)26(37)19(24(21)35)27(29)38/h3-10,17,20-21,23,32-34,37,39H,1-2H3,(H2,29,38)/b14-10+/t17-,20-,21+,23+,28+/m1/s1. The monoisotopic (exact) mass is 563 g/mol. The SMILES string of the molecule is CN(C)[C@@H]1C(=O)C(C(N)=O)=C(O)[C@@]2(O)C(=O)C3=C(O)c4c(O)cccc4/C(=C\c4ccc([N+](=O)[O-])cc4)[C@H]3[C@H](O)[C@@H]12. The van der Waals surface area contributed by atoms with Crippen LogP contribution in [0.1, 0.15) is 16.7 Å². The molecule has 41 heavy (non-hydrogen) atoms. The van der Waals surface area contributed by atoms with Gasteiger partial charge in [-0.2, -0.15) is 0 Å². The highest BCUT2D eigenvalue weighted by molar-refractivity contribution is 6.25. The number of fused-ring (bicyclic) bond motifs is 3. The largest absolute Gasteiger partial charge is 0.508 e. The van der Waals surface area contributed by atoms with Crippen LogP contribution in [0.15, 0.2) is 59.4 Å². The van der Waals surface area contributed by atoms with Gasteiger partial charge in [0.15, 0.2) is 11.4 Å². The summed E-state index contributed by atoms with van der Waals surface area (Å²) in [5.41, 5.74) is 1.06. The number of nitrogens with two attached hydrogens (primary N) is 1. The lowest BCUT2D eigenvalue weighted by molar-refractivity contribution is -0.384. The number of amides is 1. The van der Waals surface area contributed by atoms with Crippen molar-refractivity contribution in [2.45, 2.75) is 17.7 Å². The first kappa shape index (κ1) is 27.7. The third-order valence-corrected chi connectivity index (χ3v) is 7.96. The van der Waals surface area contributed by atoms with Crippen LogP contribution in [0.5, 0.6) is 5.75 Å². The zero-order valence-corrected chi connectivity index (χ0v) is 21.7. The van der Waals surface area contributed by atoms with Crippen LogP contribution < -0.4 is 5.73 Å². The molecule has 13 nitrogen and oxygen atoms in total. The van der Waals surface area contributed by atoms with Crippen LogP contribution in [-0.4, -0.2) is 84.7 Å². The third kappa shape index (κ3) is 3.78. The highest BCUT2D eigenvalue weighted by Crippen LogP contribution is 2.56. The van der Waals surface area contributed by atoms with Gasteiger partial charge >= 0.3 is 0 Å². The number of carbonyl (C=O) groups is 3. The van der Waals surface area contributed by atoms with Crippen molar-refractivity contribution in [3.63, 3.8) is 0 Å². The first-order valence-corrected chi connectivity index (χ1v) is 12.3. The van der Waals surface area contributed by atoms with E-state index in [0.29, 0.717) is 5.56 Å². The second-order valence-corrected chi connectivity index (χ2v) is 10.4. The van der Waals surface area contributed by atoms with E-state index < -0.39 is 80.4 Å². The molecule has 0 aliphatic heterocycles. The van der Waals surface area contributed by atoms with Crippen molar-refractivity contribution in [1.29, 1.82) is 0 Å². The molecule has 3 aliphatic rings. The Bertz CT molecular complexity index is 1640. The topological polar surface area (TPSA) is 225 Å². The smallest absolute Gasteiger partial charge is 0.269 e. The molecule has 5 rings (SSSR count). The molecule has 1 fully saturated rings. The maximum atomic E-state index is 14.1. The van der Waals surface area contributed by atoms with Gasteiger partial charge in [-0.1, -0.05) is 18.2 Å². The molecular formula is C28H25N3O10. The van der Waals surface area contributed by atoms with Crippen LogP contribution in [0, 0.1) is 22.0 Å². The first-order chi connectivity index (χ1) is 19.2. The molecule has 3 aliphatic carbocycles. The molecule has 0 radical (unpaired) electrons. The molecule has 0 saturated heterocycles. The highest BCUT2D eigenvalue weighted by Gasteiger charge is 2.68. The number of hydrogen-bond donors (Lipinski definition) is 6. The molecule has 13 heteroatoms. The van der Waals surface area contributed by atoms with E-state index in [4.69, 9.17) is 5.73 Å². The summed E-state index contributed by atoms with van der Waals surface area (Å²) in [7, 11) is 2.82. The average molecular weight is 564 g/mol. The molecule has 0 spiro atoms. The molecule has 2 aromatic rings. The second kappa shape index (κ2) is 9.37. The highest BCUT2D eigenvalue weighted by atomic mass is 16.6. The number of phenolic OH excluding ortho intramolecular Hbond substituents is 1. The molecule has 0 bridgehead atoms. The van der Waals surface area contributed by atoms with E-state index in [1.807, 2.05) is 0 Å². The minimum atomic E-state index is -3.05. The number of primary amides is 1. The number of non-ortho nitro benzene ring substituents is 1. The fourth-order valence-electron chi connectivity index (χ4n) is 6.18. The number of rotatable bonds is 4. The van der Waals surface area contributed by atoms with Gasteiger partial charge in [-0.25, -0.2) is 0 Å². The number of nitrogens with zero attached hydrogens (tertiary/aromatic N) is 2. The van der Waals surface area contributed by atoms with Crippen LogP contribution in [0.4, 0.5) is 5.69 Å². The number of phenols is 1. The van der Waals surface area contributed by atoms with E-state index in [1.165, 1.54) is 67.5 Å². The van der Waals surface area contributed by atoms with E-state index in [2.05, 4.69) is 0 Å². The number of aliphatic hydroxyl groups is 4. The number of ketones is 2. The Morgan fingerprint density at radius 1 is 1.10 bits per heavy atom. The van der Waals surface area contributed by atoms with Gasteiger partial charge in [-0.15, -0.1) is 0 Å². The van der Waals surface area contributed by atoms with Gasteiger partial charge in [0.25, 0.3) is 11.6 Å². The van der Waals surface area contributed by atoms with Crippen molar-refractivity contribution in [2.75, 3.05) is 14.1 Å². The fourth-order valence-corrected chi connectivity index (χ4v) is 6.18. The lowest BCUT2D eigenvalue weighted by Gasteiger charge is -2.53. The molecule has 0 heterocycles. The molecule has 5 atom stereocenters. The number of likely N-dealkylation sites (N-methyl/N-ethyl adjacent to an activating group) is 1. The molecule has 1 saturated carbocycles. The molecule has 0 aromatic heterocycles. The van der Waals surface area contributed by atoms with Gasteiger partial charge in [-0.3, -0.25) is 29.4 Å². The quantitative estimate of drug-likeness (QED) is 0.174. The summed E-state index contributed by atoms with van der Waals surface area (Å²) in [6.45, 7) is 0. The zero-order valence-electron chi connectivity index (χ0n) is 21.7. The lowest BCUT2D eigenvalue weighted by atomic mass is 9.55. The normalized spacial score (nSPS) is 28.5. The third-order valence-electron chi connectivity index (χ3n) is 7.96. The number of carbonyl (C=O) groups excluding carboxylic acids is 3. The number of Topliss-reactive ketones (excluding diaryl/α,β-unsaturated/α-hetero) is 2. The van der Waals surface area contributed by atoms with Crippen molar-refractivity contribution < 1.29 is 44.8 Å². The maximum absolute atomic E-state index is 14.1. The van der Waals surface area contributed by atoms with Crippen LogP contribution in [0.25, 0.3) is 17.4 Å².